The number of hydrogen-bond acceptors (Lipinski definition) is 4. The molecule has 1 saturated heterocycles. The van der Waals surface area contributed by atoms with E-state index in [1.807, 2.05) is 18.2 Å². The summed E-state index contributed by atoms with van der Waals surface area (Å²) in [5.74, 6) is 0.470. The first-order valence-corrected chi connectivity index (χ1v) is 9.03. The highest BCUT2D eigenvalue weighted by molar-refractivity contribution is 6.00. The lowest BCUT2D eigenvalue weighted by Gasteiger charge is -2.16. The minimum Gasteiger partial charge on any atom is -0.325 e. The van der Waals surface area contributed by atoms with Gasteiger partial charge < -0.3 is 5.32 Å². The Hall–Kier alpha value is -2.79. The molecule has 3 heterocycles. The van der Waals surface area contributed by atoms with Crippen molar-refractivity contribution in [3.63, 3.8) is 0 Å². The minimum atomic E-state index is 0.0629. The minimum absolute atomic E-state index is 0.0629. The molecule has 1 N–H and O–H groups in total. The number of carbonyl (C=O) groups excluding carboxylic acids is 1. The third-order valence-electron chi connectivity index (χ3n) is 4.91. The number of pyridine rings is 2. The molecule has 0 radical (unpaired) electrons. The molecular formula is C21H22N4O. The predicted octanol–water partition coefficient (Wildman–Crippen LogP) is 3.48. The standard InChI is InChI=1S/C21H22N4O/c26-21(24-20-7-10-23-19-6-9-22-13-18(19)20)12-17-8-11-25(15-17)14-16-4-2-1-3-5-16/h1-7,9-10,13,17H,8,11-12,14-15H2,(H,23,24,26). The molecule has 1 unspecified atom stereocenters. The maximum atomic E-state index is 12.5. The number of anilines is 1. The Kier molecular flexibility index (Phi) is 4.88. The second-order valence-electron chi connectivity index (χ2n) is 6.88. The van der Waals surface area contributed by atoms with E-state index >= 15 is 0 Å². The number of amides is 1. The van der Waals surface area contributed by atoms with E-state index in [0.29, 0.717) is 12.3 Å². The van der Waals surface area contributed by atoms with Gasteiger partial charge in [0.2, 0.25) is 5.91 Å². The fourth-order valence-corrected chi connectivity index (χ4v) is 3.63. The molecule has 4 rings (SSSR count). The summed E-state index contributed by atoms with van der Waals surface area (Å²) in [6.07, 6.45) is 6.79. The van der Waals surface area contributed by atoms with Crippen molar-refractivity contribution in [2.24, 2.45) is 5.92 Å². The molecule has 1 amide bonds. The SMILES string of the molecule is O=C(CC1CCN(Cc2ccccc2)C1)Nc1ccnc2ccncc12. The number of carbonyl (C=O) groups is 1. The lowest BCUT2D eigenvalue weighted by Crippen LogP contribution is -2.22. The van der Waals surface area contributed by atoms with Crippen LogP contribution in [0.1, 0.15) is 18.4 Å². The number of benzene rings is 1. The van der Waals surface area contributed by atoms with Crippen molar-refractivity contribution in [2.45, 2.75) is 19.4 Å². The Bertz CT molecular complexity index is 891. The Morgan fingerprint density at radius 3 is 2.92 bits per heavy atom. The first-order valence-electron chi connectivity index (χ1n) is 9.03. The number of hydrogen-bond donors (Lipinski definition) is 1. The molecule has 5 heteroatoms. The Morgan fingerprint density at radius 1 is 1.15 bits per heavy atom. The molecule has 0 bridgehead atoms. The van der Waals surface area contributed by atoms with Crippen molar-refractivity contribution >= 4 is 22.5 Å². The predicted molar refractivity (Wildman–Crippen MR) is 103 cm³/mol. The summed E-state index contributed by atoms with van der Waals surface area (Å²) in [5.41, 5.74) is 2.95. The zero-order valence-electron chi connectivity index (χ0n) is 14.6. The molecule has 1 aliphatic heterocycles. The molecule has 1 aromatic carbocycles. The van der Waals surface area contributed by atoms with Crippen LogP contribution in [-0.4, -0.2) is 33.9 Å². The van der Waals surface area contributed by atoms with Gasteiger partial charge in [-0.25, -0.2) is 0 Å². The lowest BCUT2D eigenvalue weighted by atomic mass is 10.0. The van der Waals surface area contributed by atoms with Crippen LogP contribution in [0.25, 0.3) is 10.9 Å². The summed E-state index contributed by atoms with van der Waals surface area (Å²) in [6.45, 7) is 2.98. The number of likely N-dealkylation sites (tertiary alicyclic amines) is 1. The lowest BCUT2D eigenvalue weighted by molar-refractivity contribution is -0.117. The molecule has 3 aromatic rings. The van der Waals surface area contributed by atoms with E-state index in [9.17, 15) is 4.79 Å². The summed E-state index contributed by atoms with van der Waals surface area (Å²) in [6, 6.07) is 14.2. The molecule has 0 spiro atoms. The van der Waals surface area contributed by atoms with Crippen molar-refractivity contribution in [1.29, 1.82) is 0 Å². The first-order chi connectivity index (χ1) is 12.8. The van der Waals surface area contributed by atoms with Crippen LogP contribution in [0.2, 0.25) is 0 Å². The maximum Gasteiger partial charge on any atom is 0.224 e. The summed E-state index contributed by atoms with van der Waals surface area (Å²) in [5, 5.41) is 3.91. The fraction of sp³-hybridized carbons (Fsp3) is 0.286. The fourth-order valence-electron chi connectivity index (χ4n) is 3.63. The summed E-state index contributed by atoms with van der Waals surface area (Å²) < 4.78 is 0. The van der Waals surface area contributed by atoms with E-state index in [1.54, 1.807) is 18.6 Å². The third kappa shape index (κ3) is 3.89. The zero-order chi connectivity index (χ0) is 17.8. The van der Waals surface area contributed by atoms with Gasteiger partial charge in [0.15, 0.2) is 0 Å². The summed E-state index contributed by atoms with van der Waals surface area (Å²) in [4.78, 5) is 23.4. The van der Waals surface area contributed by atoms with Crippen LogP contribution in [0.15, 0.2) is 61.1 Å². The molecule has 0 saturated carbocycles. The summed E-state index contributed by atoms with van der Waals surface area (Å²) >= 11 is 0. The smallest absolute Gasteiger partial charge is 0.224 e. The topological polar surface area (TPSA) is 58.1 Å². The molecule has 1 aliphatic rings. The van der Waals surface area contributed by atoms with Crippen LogP contribution < -0.4 is 5.32 Å². The van der Waals surface area contributed by atoms with Gasteiger partial charge in [0.1, 0.15) is 0 Å². The van der Waals surface area contributed by atoms with Crippen LogP contribution >= 0.6 is 0 Å². The molecule has 5 nitrogen and oxygen atoms in total. The summed E-state index contributed by atoms with van der Waals surface area (Å²) in [7, 11) is 0. The second kappa shape index (κ2) is 7.62. The quantitative estimate of drug-likeness (QED) is 0.768. The Morgan fingerprint density at radius 2 is 2.04 bits per heavy atom. The van der Waals surface area contributed by atoms with Gasteiger partial charge in [-0.05, 0) is 36.6 Å². The number of aromatic nitrogens is 2. The highest BCUT2D eigenvalue weighted by Gasteiger charge is 2.24. The van der Waals surface area contributed by atoms with Crippen molar-refractivity contribution in [1.82, 2.24) is 14.9 Å². The van der Waals surface area contributed by atoms with E-state index in [-0.39, 0.29) is 5.91 Å². The number of nitrogens with one attached hydrogen (secondary N) is 1. The molecule has 1 fully saturated rings. The van der Waals surface area contributed by atoms with Gasteiger partial charge in [0, 0.05) is 43.5 Å². The molecular weight excluding hydrogens is 324 g/mol. The maximum absolute atomic E-state index is 12.5. The van der Waals surface area contributed by atoms with Gasteiger partial charge in [0.05, 0.1) is 11.2 Å². The average Bonchev–Trinajstić information content (AvgIpc) is 3.09. The Balaban J connectivity index is 1.34. The van der Waals surface area contributed by atoms with Gasteiger partial charge in [-0.1, -0.05) is 30.3 Å². The molecule has 0 aliphatic carbocycles. The molecule has 132 valence electrons. The van der Waals surface area contributed by atoms with Crippen molar-refractivity contribution < 1.29 is 4.79 Å². The highest BCUT2D eigenvalue weighted by atomic mass is 16.1. The first kappa shape index (κ1) is 16.7. The molecule has 2 aromatic heterocycles. The van der Waals surface area contributed by atoms with E-state index in [4.69, 9.17) is 0 Å². The van der Waals surface area contributed by atoms with E-state index in [2.05, 4.69) is 44.5 Å². The monoisotopic (exact) mass is 346 g/mol. The van der Waals surface area contributed by atoms with Crippen molar-refractivity contribution in [3.8, 4) is 0 Å². The van der Waals surface area contributed by atoms with Crippen LogP contribution in [0.3, 0.4) is 0 Å². The van der Waals surface area contributed by atoms with Crippen molar-refractivity contribution in [2.75, 3.05) is 18.4 Å². The molecule has 1 atom stereocenters. The van der Waals surface area contributed by atoms with Crippen LogP contribution in [-0.2, 0) is 11.3 Å². The van der Waals surface area contributed by atoms with E-state index in [0.717, 1.165) is 42.6 Å². The third-order valence-corrected chi connectivity index (χ3v) is 4.91. The average molecular weight is 346 g/mol. The van der Waals surface area contributed by atoms with Crippen molar-refractivity contribution in [3.05, 3.63) is 66.6 Å². The van der Waals surface area contributed by atoms with Gasteiger partial charge in [0.25, 0.3) is 0 Å². The normalized spacial score (nSPS) is 17.5. The highest BCUT2D eigenvalue weighted by Crippen LogP contribution is 2.24. The van der Waals surface area contributed by atoms with Crippen LogP contribution in [0.4, 0.5) is 5.69 Å². The van der Waals surface area contributed by atoms with Gasteiger partial charge in [-0.3, -0.25) is 19.7 Å². The largest absolute Gasteiger partial charge is 0.325 e. The van der Waals surface area contributed by atoms with Gasteiger partial charge in [-0.2, -0.15) is 0 Å². The second-order valence-corrected chi connectivity index (χ2v) is 6.88. The molecule has 26 heavy (non-hydrogen) atoms. The Labute approximate surface area is 153 Å². The zero-order valence-corrected chi connectivity index (χ0v) is 14.6. The van der Waals surface area contributed by atoms with Crippen LogP contribution in [0.5, 0.6) is 0 Å². The van der Waals surface area contributed by atoms with Crippen LogP contribution in [0, 0.1) is 5.92 Å². The number of fused-ring (bicyclic) bond motifs is 1. The van der Waals surface area contributed by atoms with E-state index in [1.165, 1.54) is 5.56 Å². The van der Waals surface area contributed by atoms with Gasteiger partial charge in [-0.15, -0.1) is 0 Å². The number of nitrogens with zero attached hydrogens (tertiary/aromatic N) is 3. The van der Waals surface area contributed by atoms with Gasteiger partial charge >= 0.3 is 0 Å². The van der Waals surface area contributed by atoms with E-state index < -0.39 is 0 Å². The number of rotatable bonds is 5.